The minimum absolute atomic E-state index is 0.0389. The molecule has 2 rings (SSSR count). The Morgan fingerprint density at radius 2 is 2.00 bits per heavy atom. The fraction of sp³-hybridized carbons (Fsp3) is 0.235. The van der Waals surface area contributed by atoms with Crippen molar-refractivity contribution in [1.29, 1.82) is 0 Å². The summed E-state index contributed by atoms with van der Waals surface area (Å²) in [4.78, 5) is 12.3. The average molecular weight is 347 g/mol. The highest BCUT2D eigenvalue weighted by atomic mass is 79.9. The molecule has 110 valence electrons. The Hall–Kier alpha value is -1.81. The lowest BCUT2D eigenvalue weighted by atomic mass is 10.0. The van der Waals surface area contributed by atoms with Crippen LogP contribution in [0.15, 0.2) is 46.9 Å². The Morgan fingerprint density at radius 3 is 2.71 bits per heavy atom. The van der Waals surface area contributed by atoms with E-state index in [4.69, 9.17) is 5.73 Å². The molecule has 1 atom stereocenters. The smallest absolute Gasteiger partial charge is 0.253 e. The summed E-state index contributed by atoms with van der Waals surface area (Å²) in [6.45, 7) is 4.08. The third kappa shape index (κ3) is 4.08. The number of nitrogen functional groups attached to an aromatic ring is 1. The van der Waals surface area contributed by atoms with Crippen molar-refractivity contribution in [3.05, 3.63) is 63.6 Å². The molecule has 0 aliphatic carbocycles. The quantitative estimate of drug-likeness (QED) is 0.829. The Morgan fingerprint density at radius 1 is 1.29 bits per heavy atom. The van der Waals surface area contributed by atoms with Crippen LogP contribution < -0.4 is 11.1 Å². The second kappa shape index (κ2) is 6.76. The number of nitrogens with one attached hydrogen (secondary N) is 1. The molecule has 3 nitrogen and oxygen atoms in total. The van der Waals surface area contributed by atoms with Crippen LogP contribution in [0.1, 0.15) is 28.4 Å². The number of nitrogens with two attached hydrogens (primary N) is 1. The Labute approximate surface area is 133 Å². The van der Waals surface area contributed by atoms with Crippen molar-refractivity contribution in [1.82, 2.24) is 5.32 Å². The van der Waals surface area contributed by atoms with Crippen LogP contribution >= 0.6 is 15.9 Å². The Balaban J connectivity index is 2.06. The number of carbonyl (C=O) groups excluding carboxylic acids is 1. The first-order valence-corrected chi connectivity index (χ1v) is 7.67. The lowest BCUT2D eigenvalue weighted by Gasteiger charge is -2.16. The predicted molar refractivity (Wildman–Crippen MR) is 90.4 cm³/mol. The number of halogens is 1. The van der Waals surface area contributed by atoms with Crippen LogP contribution in [0.4, 0.5) is 5.69 Å². The van der Waals surface area contributed by atoms with Gasteiger partial charge in [0.25, 0.3) is 5.91 Å². The maximum Gasteiger partial charge on any atom is 0.253 e. The van der Waals surface area contributed by atoms with Gasteiger partial charge in [0.15, 0.2) is 0 Å². The van der Waals surface area contributed by atoms with E-state index >= 15 is 0 Å². The molecule has 0 aromatic heterocycles. The summed E-state index contributed by atoms with van der Waals surface area (Å²) in [5.74, 6) is -0.144. The van der Waals surface area contributed by atoms with E-state index in [1.807, 2.05) is 25.1 Å². The average Bonchev–Trinajstić information content (AvgIpc) is 2.44. The Kier molecular flexibility index (Phi) is 5.02. The van der Waals surface area contributed by atoms with Gasteiger partial charge >= 0.3 is 0 Å². The first-order chi connectivity index (χ1) is 9.97. The molecule has 3 N–H and O–H groups in total. The largest absolute Gasteiger partial charge is 0.398 e. The third-order valence-corrected chi connectivity index (χ3v) is 3.92. The van der Waals surface area contributed by atoms with Crippen molar-refractivity contribution in [3.8, 4) is 0 Å². The van der Waals surface area contributed by atoms with E-state index in [1.54, 1.807) is 12.1 Å². The highest BCUT2D eigenvalue weighted by Crippen LogP contribution is 2.18. The monoisotopic (exact) mass is 346 g/mol. The van der Waals surface area contributed by atoms with E-state index in [-0.39, 0.29) is 11.9 Å². The van der Waals surface area contributed by atoms with Gasteiger partial charge in [0, 0.05) is 16.2 Å². The third-order valence-electron chi connectivity index (χ3n) is 3.42. The molecular weight excluding hydrogens is 328 g/mol. The molecular formula is C17H19BrN2O. The molecule has 0 aliphatic rings. The molecule has 0 bridgehead atoms. The predicted octanol–water partition coefficient (Wildman–Crippen LogP) is 3.70. The molecule has 0 fully saturated rings. The number of rotatable bonds is 4. The molecule has 1 amide bonds. The van der Waals surface area contributed by atoms with Crippen molar-refractivity contribution in [2.45, 2.75) is 26.3 Å². The summed E-state index contributed by atoms with van der Waals surface area (Å²) in [5, 5.41) is 3.00. The van der Waals surface area contributed by atoms with Crippen LogP contribution in [0, 0.1) is 6.92 Å². The molecule has 0 spiro atoms. The van der Waals surface area contributed by atoms with Crippen molar-refractivity contribution in [2.75, 3.05) is 5.73 Å². The molecule has 2 aromatic rings. The summed E-state index contributed by atoms with van der Waals surface area (Å²) >= 11 is 3.36. The Bertz CT molecular complexity index is 655. The van der Waals surface area contributed by atoms with Gasteiger partial charge in [-0.05, 0) is 49.6 Å². The second-order valence-electron chi connectivity index (χ2n) is 5.24. The number of hydrogen-bond acceptors (Lipinski definition) is 2. The molecule has 0 heterocycles. The molecule has 21 heavy (non-hydrogen) atoms. The van der Waals surface area contributed by atoms with E-state index in [0.29, 0.717) is 11.3 Å². The summed E-state index contributed by atoms with van der Waals surface area (Å²) in [6, 6.07) is 13.5. The molecule has 2 aromatic carbocycles. The zero-order chi connectivity index (χ0) is 15.4. The van der Waals surface area contributed by atoms with E-state index in [2.05, 4.69) is 40.3 Å². The summed E-state index contributed by atoms with van der Waals surface area (Å²) in [6.07, 6.45) is 0.798. The molecule has 0 saturated carbocycles. The van der Waals surface area contributed by atoms with Gasteiger partial charge in [-0.3, -0.25) is 4.79 Å². The van der Waals surface area contributed by atoms with Gasteiger partial charge in [-0.2, -0.15) is 0 Å². The standard InChI is InChI=1S/C17H19BrN2O/c1-11-5-3-4-6-13(11)9-12(2)20-17(21)15-10-14(18)7-8-16(15)19/h3-8,10,12H,9,19H2,1-2H3,(H,20,21). The molecule has 4 heteroatoms. The number of benzene rings is 2. The van der Waals surface area contributed by atoms with Gasteiger partial charge in [-0.1, -0.05) is 40.2 Å². The number of amides is 1. The molecule has 0 aliphatic heterocycles. The molecule has 0 saturated heterocycles. The zero-order valence-electron chi connectivity index (χ0n) is 12.2. The van der Waals surface area contributed by atoms with Crippen molar-refractivity contribution < 1.29 is 4.79 Å². The number of anilines is 1. The van der Waals surface area contributed by atoms with Gasteiger partial charge in [-0.25, -0.2) is 0 Å². The first-order valence-electron chi connectivity index (χ1n) is 6.87. The van der Waals surface area contributed by atoms with Gasteiger partial charge in [0.1, 0.15) is 0 Å². The lowest BCUT2D eigenvalue weighted by molar-refractivity contribution is 0.0941. The van der Waals surface area contributed by atoms with Crippen molar-refractivity contribution in [2.24, 2.45) is 0 Å². The topological polar surface area (TPSA) is 55.1 Å². The fourth-order valence-electron chi connectivity index (χ4n) is 2.25. The van der Waals surface area contributed by atoms with E-state index in [9.17, 15) is 4.79 Å². The first kappa shape index (κ1) is 15.6. The van der Waals surface area contributed by atoms with Crippen LogP contribution in [0.25, 0.3) is 0 Å². The minimum Gasteiger partial charge on any atom is -0.398 e. The van der Waals surface area contributed by atoms with Crippen LogP contribution in [0.3, 0.4) is 0 Å². The van der Waals surface area contributed by atoms with Gasteiger partial charge in [0.05, 0.1) is 5.56 Å². The molecule has 0 radical (unpaired) electrons. The van der Waals surface area contributed by atoms with Gasteiger partial charge in [-0.15, -0.1) is 0 Å². The van der Waals surface area contributed by atoms with Crippen molar-refractivity contribution >= 4 is 27.5 Å². The highest BCUT2D eigenvalue weighted by molar-refractivity contribution is 9.10. The number of carbonyl (C=O) groups is 1. The number of hydrogen-bond donors (Lipinski definition) is 2. The van der Waals surface area contributed by atoms with E-state index in [1.165, 1.54) is 11.1 Å². The van der Waals surface area contributed by atoms with Crippen LogP contribution in [0.5, 0.6) is 0 Å². The van der Waals surface area contributed by atoms with Gasteiger partial charge < -0.3 is 11.1 Å². The maximum atomic E-state index is 12.3. The van der Waals surface area contributed by atoms with E-state index < -0.39 is 0 Å². The van der Waals surface area contributed by atoms with Gasteiger partial charge in [0.2, 0.25) is 0 Å². The fourth-order valence-corrected chi connectivity index (χ4v) is 2.61. The van der Waals surface area contributed by atoms with Crippen LogP contribution in [-0.2, 0) is 6.42 Å². The summed E-state index contributed by atoms with van der Waals surface area (Å²) < 4.78 is 0.841. The van der Waals surface area contributed by atoms with Crippen LogP contribution in [0.2, 0.25) is 0 Å². The SMILES string of the molecule is Cc1ccccc1CC(C)NC(=O)c1cc(Br)ccc1N. The number of aryl methyl sites for hydroxylation is 1. The van der Waals surface area contributed by atoms with Crippen molar-refractivity contribution in [3.63, 3.8) is 0 Å². The highest BCUT2D eigenvalue weighted by Gasteiger charge is 2.14. The van der Waals surface area contributed by atoms with E-state index in [0.717, 1.165) is 10.9 Å². The lowest BCUT2D eigenvalue weighted by Crippen LogP contribution is -2.34. The summed E-state index contributed by atoms with van der Waals surface area (Å²) in [7, 11) is 0. The summed E-state index contributed by atoms with van der Waals surface area (Å²) in [5.41, 5.74) is 9.33. The normalized spacial score (nSPS) is 12.0. The zero-order valence-corrected chi connectivity index (χ0v) is 13.8. The molecule has 1 unspecified atom stereocenters. The minimum atomic E-state index is -0.144. The second-order valence-corrected chi connectivity index (χ2v) is 6.15. The maximum absolute atomic E-state index is 12.3. The van der Waals surface area contributed by atoms with Crippen LogP contribution in [-0.4, -0.2) is 11.9 Å².